The summed E-state index contributed by atoms with van der Waals surface area (Å²) < 4.78 is 14.4. The minimum atomic E-state index is -0.151. The van der Waals surface area contributed by atoms with E-state index in [1.807, 2.05) is 11.4 Å². The van der Waals surface area contributed by atoms with E-state index >= 15 is 0 Å². The van der Waals surface area contributed by atoms with Crippen LogP contribution in [0.1, 0.15) is 10.4 Å². The zero-order chi connectivity index (χ0) is 11.4. The van der Waals surface area contributed by atoms with Gasteiger partial charge in [0.15, 0.2) is 0 Å². The Labute approximate surface area is 106 Å². The largest absolute Gasteiger partial charge is 0.308 e. The van der Waals surface area contributed by atoms with Crippen LogP contribution in [0.3, 0.4) is 0 Å². The van der Waals surface area contributed by atoms with Crippen molar-refractivity contribution in [1.82, 2.24) is 5.32 Å². The summed E-state index contributed by atoms with van der Waals surface area (Å²) in [7, 11) is 0. The molecule has 1 N–H and O–H groups in total. The molecule has 0 spiro atoms. The molecule has 1 heterocycles. The van der Waals surface area contributed by atoms with E-state index in [2.05, 4.69) is 27.3 Å². The van der Waals surface area contributed by atoms with Crippen molar-refractivity contribution in [3.8, 4) is 0 Å². The molecule has 0 aliphatic rings. The Morgan fingerprint density at radius 3 is 2.75 bits per heavy atom. The summed E-state index contributed by atoms with van der Waals surface area (Å²) in [6.07, 6.45) is 0. The Morgan fingerprint density at radius 2 is 2.06 bits per heavy atom. The van der Waals surface area contributed by atoms with Crippen LogP contribution in [0.4, 0.5) is 4.39 Å². The molecule has 2 rings (SSSR count). The molecule has 0 amide bonds. The zero-order valence-corrected chi connectivity index (χ0v) is 10.9. The highest BCUT2D eigenvalue weighted by atomic mass is 79.9. The van der Waals surface area contributed by atoms with Crippen LogP contribution in [-0.2, 0) is 13.1 Å². The molecule has 0 saturated carbocycles. The Bertz CT molecular complexity index is 470. The number of benzene rings is 1. The highest BCUT2D eigenvalue weighted by Gasteiger charge is 2.01. The van der Waals surface area contributed by atoms with Gasteiger partial charge < -0.3 is 5.32 Å². The fourth-order valence-electron chi connectivity index (χ4n) is 1.41. The molecule has 4 heteroatoms. The normalized spacial score (nSPS) is 10.6. The number of halogens is 2. The average molecular weight is 300 g/mol. The molecule has 16 heavy (non-hydrogen) atoms. The summed E-state index contributed by atoms with van der Waals surface area (Å²) in [5.74, 6) is -0.151. The maximum Gasteiger partial charge on any atom is 0.127 e. The number of hydrogen-bond acceptors (Lipinski definition) is 2. The number of rotatable bonds is 4. The first-order valence-corrected chi connectivity index (χ1v) is 6.60. The molecular weight excluding hydrogens is 289 g/mol. The summed E-state index contributed by atoms with van der Waals surface area (Å²) in [5, 5.41) is 5.26. The first kappa shape index (κ1) is 11.8. The van der Waals surface area contributed by atoms with Crippen molar-refractivity contribution in [1.29, 1.82) is 0 Å². The maximum atomic E-state index is 13.3. The van der Waals surface area contributed by atoms with E-state index in [1.165, 1.54) is 10.9 Å². The van der Waals surface area contributed by atoms with E-state index in [-0.39, 0.29) is 5.82 Å². The van der Waals surface area contributed by atoms with Crippen molar-refractivity contribution in [2.45, 2.75) is 13.1 Å². The lowest BCUT2D eigenvalue weighted by Crippen LogP contribution is -2.12. The number of thiophene rings is 1. The van der Waals surface area contributed by atoms with Gasteiger partial charge in [-0.3, -0.25) is 0 Å². The van der Waals surface area contributed by atoms with Crippen LogP contribution >= 0.6 is 27.3 Å². The summed E-state index contributed by atoms with van der Waals surface area (Å²) >= 11 is 5.09. The van der Waals surface area contributed by atoms with Gasteiger partial charge in [0.1, 0.15) is 5.82 Å². The molecule has 1 aromatic heterocycles. The van der Waals surface area contributed by atoms with Gasteiger partial charge in [0.05, 0.1) is 0 Å². The molecule has 0 aliphatic heterocycles. The second-order valence-corrected chi connectivity index (χ2v) is 5.34. The molecule has 1 nitrogen and oxygen atoms in total. The fraction of sp³-hybridized carbons (Fsp3) is 0.167. The van der Waals surface area contributed by atoms with E-state index in [9.17, 15) is 4.39 Å². The SMILES string of the molecule is Fc1ccccc1CNCc1cc(Br)cs1. The van der Waals surface area contributed by atoms with Crippen molar-refractivity contribution in [3.05, 3.63) is 56.4 Å². The molecule has 0 fully saturated rings. The minimum absolute atomic E-state index is 0.151. The van der Waals surface area contributed by atoms with Crippen LogP contribution in [0.2, 0.25) is 0 Å². The van der Waals surface area contributed by atoms with E-state index in [0.717, 1.165) is 11.0 Å². The Balaban J connectivity index is 1.87. The molecule has 1 aromatic carbocycles. The number of nitrogens with one attached hydrogen (secondary N) is 1. The van der Waals surface area contributed by atoms with Crippen molar-refractivity contribution < 1.29 is 4.39 Å². The third-order valence-electron chi connectivity index (χ3n) is 2.19. The molecule has 0 saturated heterocycles. The first-order chi connectivity index (χ1) is 7.75. The summed E-state index contributed by atoms with van der Waals surface area (Å²) in [5.41, 5.74) is 0.707. The van der Waals surface area contributed by atoms with Crippen LogP contribution in [0.25, 0.3) is 0 Å². The van der Waals surface area contributed by atoms with Gasteiger partial charge >= 0.3 is 0 Å². The van der Waals surface area contributed by atoms with Gasteiger partial charge in [-0.1, -0.05) is 18.2 Å². The van der Waals surface area contributed by atoms with Crippen molar-refractivity contribution >= 4 is 27.3 Å². The molecule has 84 valence electrons. The van der Waals surface area contributed by atoms with Crippen LogP contribution < -0.4 is 5.32 Å². The topological polar surface area (TPSA) is 12.0 Å². The van der Waals surface area contributed by atoms with Crippen LogP contribution in [0, 0.1) is 5.82 Å². The van der Waals surface area contributed by atoms with E-state index in [0.29, 0.717) is 12.1 Å². The van der Waals surface area contributed by atoms with Gasteiger partial charge in [0, 0.05) is 33.4 Å². The van der Waals surface area contributed by atoms with Gasteiger partial charge in [0.25, 0.3) is 0 Å². The van der Waals surface area contributed by atoms with Crippen molar-refractivity contribution in [3.63, 3.8) is 0 Å². The van der Waals surface area contributed by atoms with Gasteiger partial charge in [0.2, 0.25) is 0 Å². The van der Waals surface area contributed by atoms with Crippen LogP contribution in [0.5, 0.6) is 0 Å². The Kier molecular flexibility index (Phi) is 4.09. The van der Waals surface area contributed by atoms with E-state index < -0.39 is 0 Å². The van der Waals surface area contributed by atoms with Crippen molar-refractivity contribution in [2.75, 3.05) is 0 Å². The molecule has 2 aromatic rings. The van der Waals surface area contributed by atoms with Crippen molar-refractivity contribution in [2.24, 2.45) is 0 Å². The molecule has 0 aliphatic carbocycles. The molecule has 0 atom stereocenters. The van der Waals surface area contributed by atoms with E-state index in [1.54, 1.807) is 23.5 Å². The first-order valence-electron chi connectivity index (χ1n) is 4.93. The lowest BCUT2D eigenvalue weighted by molar-refractivity contribution is 0.589. The molecule has 0 unspecified atom stereocenters. The maximum absolute atomic E-state index is 13.3. The van der Waals surface area contributed by atoms with Crippen LogP contribution in [0.15, 0.2) is 40.2 Å². The predicted octanol–water partition coefficient (Wildman–Crippen LogP) is 3.94. The zero-order valence-electron chi connectivity index (χ0n) is 8.54. The number of hydrogen-bond donors (Lipinski definition) is 1. The molecule has 0 bridgehead atoms. The summed E-state index contributed by atoms with van der Waals surface area (Å²) in [6.45, 7) is 1.33. The smallest absolute Gasteiger partial charge is 0.127 e. The van der Waals surface area contributed by atoms with Gasteiger partial charge in [-0.15, -0.1) is 11.3 Å². The van der Waals surface area contributed by atoms with Gasteiger partial charge in [-0.2, -0.15) is 0 Å². The second-order valence-electron chi connectivity index (χ2n) is 3.43. The second kappa shape index (κ2) is 5.57. The summed E-state index contributed by atoms with van der Waals surface area (Å²) in [6, 6.07) is 8.90. The predicted molar refractivity (Wildman–Crippen MR) is 69.0 cm³/mol. The highest BCUT2D eigenvalue weighted by Crippen LogP contribution is 2.19. The average Bonchev–Trinajstić information content (AvgIpc) is 2.67. The molecular formula is C12H11BrFNS. The Hall–Kier alpha value is -0.710. The molecule has 0 radical (unpaired) electrons. The fourth-order valence-corrected chi connectivity index (χ4v) is 2.83. The Morgan fingerprint density at radius 1 is 1.25 bits per heavy atom. The highest BCUT2D eigenvalue weighted by molar-refractivity contribution is 9.10. The quantitative estimate of drug-likeness (QED) is 0.902. The standard InChI is InChI=1S/C12H11BrFNS/c13-10-5-11(16-8-10)7-15-6-9-3-1-2-4-12(9)14/h1-5,8,15H,6-7H2. The summed E-state index contributed by atoms with van der Waals surface area (Å²) in [4.78, 5) is 1.24. The lowest BCUT2D eigenvalue weighted by atomic mass is 10.2. The van der Waals surface area contributed by atoms with E-state index in [4.69, 9.17) is 0 Å². The van der Waals surface area contributed by atoms with Crippen LogP contribution in [-0.4, -0.2) is 0 Å². The van der Waals surface area contributed by atoms with Gasteiger partial charge in [-0.25, -0.2) is 4.39 Å². The third kappa shape index (κ3) is 3.14. The van der Waals surface area contributed by atoms with Gasteiger partial charge in [-0.05, 0) is 28.1 Å². The lowest BCUT2D eigenvalue weighted by Gasteiger charge is -2.04. The third-order valence-corrected chi connectivity index (χ3v) is 3.89. The minimum Gasteiger partial charge on any atom is -0.308 e. The monoisotopic (exact) mass is 299 g/mol.